The average molecular weight is 708 g/mol. The number of halogens is 3. The van der Waals surface area contributed by atoms with Gasteiger partial charge in [0, 0.05) is 50.1 Å². The van der Waals surface area contributed by atoms with Crippen LogP contribution in [-0.4, -0.2) is 98.6 Å². The van der Waals surface area contributed by atoms with Crippen molar-refractivity contribution in [2.75, 3.05) is 89.0 Å². The van der Waals surface area contributed by atoms with Gasteiger partial charge in [-0.25, -0.2) is 8.42 Å². The molecule has 11 nitrogen and oxygen atoms in total. The minimum atomic E-state index is -4.47. The van der Waals surface area contributed by atoms with Crippen LogP contribution in [0.15, 0.2) is 54.6 Å². The van der Waals surface area contributed by atoms with Gasteiger partial charge >= 0.3 is 6.18 Å². The second kappa shape index (κ2) is 16.2. The summed E-state index contributed by atoms with van der Waals surface area (Å²) in [5.74, 6) is 0.262. The van der Waals surface area contributed by atoms with Gasteiger partial charge in [0.25, 0.3) is 5.91 Å². The number of methoxy groups -OCH3 is 1. The first-order valence-corrected chi connectivity index (χ1v) is 17.7. The predicted molar refractivity (Wildman–Crippen MR) is 178 cm³/mol. The number of carbonyl (C=O) groups excluding carboxylic acids is 1. The summed E-state index contributed by atoms with van der Waals surface area (Å²) >= 11 is 0. The van der Waals surface area contributed by atoms with Gasteiger partial charge in [0.2, 0.25) is 10.0 Å². The molecule has 0 saturated carbocycles. The normalized spacial score (nSPS) is 15.6. The zero-order chi connectivity index (χ0) is 35.0. The highest BCUT2D eigenvalue weighted by molar-refractivity contribution is 7.92. The molecule has 2 heterocycles. The Labute approximate surface area is 283 Å². The number of alkyl halides is 3. The summed E-state index contributed by atoms with van der Waals surface area (Å²) in [6.45, 7) is 4.91. The molecular formula is C34H40F3N3O8S. The molecule has 2 aliphatic heterocycles. The molecule has 0 atom stereocenters. The minimum Gasteiger partial charge on any atom is -0.493 e. The van der Waals surface area contributed by atoms with Gasteiger partial charge in [-0.3, -0.25) is 14.4 Å². The molecule has 5 rings (SSSR count). The first-order valence-electron chi connectivity index (χ1n) is 15.8. The molecule has 0 radical (unpaired) electrons. The fourth-order valence-corrected chi connectivity index (χ4v) is 6.19. The van der Waals surface area contributed by atoms with Crippen LogP contribution in [0.3, 0.4) is 0 Å². The molecule has 0 spiro atoms. The lowest BCUT2D eigenvalue weighted by molar-refractivity contribution is -0.137. The largest absolute Gasteiger partial charge is 0.493 e. The fraction of sp³-hybridized carbons (Fsp3) is 0.441. The van der Waals surface area contributed by atoms with Crippen molar-refractivity contribution in [3.05, 3.63) is 71.3 Å². The van der Waals surface area contributed by atoms with E-state index in [1.54, 1.807) is 18.2 Å². The lowest BCUT2D eigenvalue weighted by Gasteiger charge is -2.30. The number of amides is 1. The van der Waals surface area contributed by atoms with Crippen molar-refractivity contribution in [3.63, 3.8) is 0 Å². The van der Waals surface area contributed by atoms with Crippen molar-refractivity contribution >= 4 is 27.3 Å². The van der Waals surface area contributed by atoms with E-state index in [1.807, 2.05) is 6.07 Å². The third-order valence-corrected chi connectivity index (χ3v) is 8.68. The summed E-state index contributed by atoms with van der Waals surface area (Å²) in [4.78, 5) is 17.8. The lowest BCUT2D eigenvalue weighted by Crippen LogP contribution is -2.38. The SMILES string of the molecule is COCCOCOc1ccc(N2CCc3cc(-c4ccc(C(F)(F)F)cc4)c(OCCCN4CCOCC4)cc3C2=O)cc1NS(C)(=O)=O. The zero-order valence-corrected chi connectivity index (χ0v) is 28.2. The second-order valence-electron chi connectivity index (χ2n) is 11.7. The molecule has 3 aromatic carbocycles. The number of hydrogen-bond donors (Lipinski definition) is 1. The van der Waals surface area contributed by atoms with E-state index in [2.05, 4.69) is 9.62 Å². The molecule has 3 aromatic rings. The Morgan fingerprint density at radius 1 is 0.898 bits per heavy atom. The summed E-state index contributed by atoms with van der Waals surface area (Å²) in [7, 11) is -2.16. The quantitative estimate of drug-likeness (QED) is 0.171. The van der Waals surface area contributed by atoms with E-state index in [0.29, 0.717) is 67.4 Å². The van der Waals surface area contributed by atoms with Gasteiger partial charge in [-0.2, -0.15) is 13.2 Å². The van der Waals surface area contributed by atoms with Crippen molar-refractivity contribution in [1.29, 1.82) is 0 Å². The van der Waals surface area contributed by atoms with E-state index in [1.165, 1.54) is 30.2 Å². The van der Waals surface area contributed by atoms with Gasteiger partial charge in [-0.15, -0.1) is 0 Å². The Balaban J connectivity index is 1.41. The van der Waals surface area contributed by atoms with E-state index in [9.17, 15) is 26.4 Å². The lowest BCUT2D eigenvalue weighted by atomic mass is 9.92. The number of anilines is 2. The highest BCUT2D eigenvalue weighted by atomic mass is 32.2. The molecular weight excluding hydrogens is 667 g/mol. The number of fused-ring (bicyclic) bond motifs is 1. The Hall–Kier alpha value is -3.89. The van der Waals surface area contributed by atoms with Gasteiger partial charge in [-0.05, 0) is 66.4 Å². The number of sulfonamides is 1. The highest BCUT2D eigenvalue weighted by Gasteiger charge is 2.31. The number of morpholine rings is 1. The van der Waals surface area contributed by atoms with Crippen molar-refractivity contribution in [3.8, 4) is 22.6 Å². The van der Waals surface area contributed by atoms with Gasteiger partial charge in [0.1, 0.15) is 11.5 Å². The summed E-state index contributed by atoms with van der Waals surface area (Å²) < 4.78 is 94.2. The Bertz CT molecular complexity index is 1700. The number of nitrogens with one attached hydrogen (secondary N) is 1. The summed E-state index contributed by atoms with van der Waals surface area (Å²) in [5.41, 5.74) is 2.05. The van der Waals surface area contributed by atoms with Crippen molar-refractivity contribution in [2.24, 2.45) is 0 Å². The van der Waals surface area contributed by atoms with Gasteiger partial charge in [-0.1, -0.05) is 12.1 Å². The summed E-state index contributed by atoms with van der Waals surface area (Å²) in [5, 5.41) is 0. The molecule has 1 fully saturated rings. The number of nitrogens with zero attached hydrogens (tertiary/aromatic N) is 2. The maximum Gasteiger partial charge on any atom is 0.416 e. The standard InChI is InChI=1S/C34H40F3N3O8S/c1-44-18-19-46-23-48-31-9-8-27(21-30(31)38-49(2,42)43)40-12-10-25-20-28(24-4-6-26(7-5-24)34(35,36)37)32(22-29(25)33(40)41)47-15-3-11-39-13-16-45-17-14-39/h4-9,20-22,38H,3,10-19,23H2,1-2H3. The summed E-state index contributed by atoms with van der Waals surface area (Å²) in [6.07, 6.45) is -2.32. The van der Waals surface area contributed by atoms with Crippen LogP contribution in [0.2, 0.25) is 0 Å². The topological polar surface area (TPSA) is 116 Å². The van der Waals surface area contributed by atoms with Crippen molar-refractivity contribution in [1.82, 2.24) is 4.90 Å². The zero-order valence-electron chi connectivity index (χ0n) is 27.4. The number of hydrogen-bond acceptors (Lipinski definition) is 9. The van der Waals surface area contributed by atoms with Crippen LogP contribution < -0.4 is 19.1 Å². The Morgan fingerprint density at radius 2 is 1.65 bits per heavy atom. The van der Waals surface area contributed by atoms with E-state index >= 15 is 0 Å². The van der Waals surface area contributed by atoms with Crippen LogP contribution in [0.4, 0.5) is 24.5 Å². The van der Waals surface area contributed by atoms with Crippen LogP contribution >= 0.6 is 0 Å². The number of carbonyl (C=O) groups is 1. The first-order chi connectivity index (χ1) is 23.4. The highest BCUT2D eigenvalue weighted by Crippen LogP contribution is 2.39. The number of ether oxygens (including phenoxy) is 5. The van der Waals surface area contributed by atoms with Gasteiger partial charge in [0.15, 0.2) is 6.79 Å². The molecule has 0 aliphatic carbocycles. The van der Waals surface area contributed by atoms with E-state index in [-0.39, 0.29) is 37.3 Å². The second-order valence-corrected chi connectivity index (χ2v) is 13.4. The molecule has 266 valence electrons. The van der Waals surface area contributed by atoms with Crippen molar-refractivity contribution in [2.45, 2.75) is 19.0 Å². The molecule has 1 amide bonds. The van der Waals surface area contributed by atoms with Gasteiger partial charge in [0.05, 0.1) is 50.5 Å². The maximum atomic E-state index is 14.0. The van der Waals surface area contributed by atoms with Crippen LogP contribution in [0.25, 0.3) is 11.1 Å². The third kappa shape index (κ3) is 9.85. The van der Waals surface area contributed by atoms with E-state index in [0.717, 1.165) is 43.6 Å². The van der Waals surface area contributed by atoms with Crippen LogP contribution in [0, 0.1) is 0 Å². The van der Waals surface area contributed by atoms with Crippen LogP contribution in [0.5, 0.6) is 11.5 Å². The predicted octanol–water partition coefficient (Wildman–Crippen LogP) is 5.05. The number of benzene rings is 3. The first kappa shape index (κ1) is 36.4. The monoisotopic (exact) mass is 707 g/mol. The molecule has 0 aromatic heterocycles. The Morgan fingerprint density at radius 3 is 2.35 bits per heavy atom. The van der Waals surface area contributed by atoms with E-state index < -0.39 is 21.8 Å². The fourth-order valence-electron chi connectivity index (χ4n) is 5.63. The minimum absolute atomic E-state index is 0.135. The van der Waals surface area contributed by atoms with E-state index in [4.69, 9.17) is 23.7 Å². The molecule has 49 heavy (non-hydrogen) atoms. The average Bonchev–Trinajstić information content (AvgIpc) is 3.07. The molecule has 0 bridgehead atoms. The van der Waals surface area contributed by atoms with Crippen LogP contribution in [-0.2, 0) is 36.8 Å². The third-order valence-electron chi connectivity index (χ3n) is 8.09. The molecule has 2 aliphatic rings. The molecule has 0 unspecified atom stereocenters. The number of rotatable bonds is 15. The maximum absolute atomic E-state index is 14.0. The Kier molecular flexibility index (Phi) is 12.0. The summed E-state index contributed by atoms with van der Waals surface area (Å²) in [6, 6.07) is 13.1. The molecule has 1 saturated heterocycles. The van der Waals surface area contributed by atoms with Crippen molar-refractivity contribution < 1.29 is 50.1 Å². The molecule has 1 N–H and O–H groups in total. The smallest absolute Gasteiger partial charge is 0.416 e. The van der Waals surface area contributed by atoms with Crippen LogP contribution in [0.1, 0.15) is 27.9 Å². The molecule has 15 heteroatoms. The van der Waals surface area contributed by atoms with Gasteiger partial charge < -0.3 is 28.6 Å².